The highest BCUT2D eigenvalue weighted by Crippen LogP contribution is 2.32. The van der Waals surface area contributed by atoms with Gasteiger partial charge in [-0.05, 0) is 73.9 Å². The number of sulfonamides is 1. The van der Waals surface area contributed by atoms with E-state index in [-0.39, 0.29) is 23.6 Å². The number of aryl methyl sites for hydroxylation is 1. The Morgan fingerprint density at radius 1 is 1.05 bits per heavy atom. The summed E-state index contributed by atoms with van der Waals surface area (Å²) in [7, 11) is -3.76. The maximum atomic E-state index is 13.3. The average molecular weight is 536 g/mol. The van der Waals surface area contributed by atoms with Crippen LogP contribution in [0.2, 0.25) is 0 Å². The van der Waals surface area contributed by atoms with E-state index in [1.165, 1.54) is 39.9 Å². The fraction of sp³-hybridized carbons (Fsp3) is 0.222. The Bertz CT molecular complexity index is 1690. The Hall–Kier alpha value is -3.76. The summed E-state index contributed by atoms with van der Waals surface area (Å²) < 4.78 is 35.6. The molecule has 190 valence electrons. The van der Waals surface area contributed by atoms with Gasteiger partial charge in [0.2, 0.25) is 0 Å². The topological polar surface area (TPSA) is 98.0 Å². The normalized spacial score (nSPS) is 13.7. The van der Waals surface area contributed by atoms with Gasteiger partial charge in [0.15, 0.2) is 4.80 Å². The van der Waals surface area contributed by atoms with Crippen LogP contribution in [0, 0.1) is 6.92 Å². The van der Waals surface area contributed by atoms with Crippen LogP contribution in [-0.2, 0) is 32.5 Å². The highest BCUT2D eigenvalue weighted by molar-refractivity contribution is 7.92. The molecule has 1 aromatic heterocycles. The maximum absolute atomic E-state index is 13.3. The number of thiazole rings is 1. The summed E-state index contributed by atoms with van der Waals surface area (Å²) in [5.41, 5.74) is 3.75. The van der Waals surface area contributed by atoms with Crippen LogP contribution in [-0.4, -0.2) is 38.0 Å². The van der Waals surface area contributed by atoms with Crippen molar-refractivity contribution in [2.75, 3.05) is 17.5 Å². The second-order valence-corrected chi connectivity index (χ2v) is 11.5. The zero-order chi connectivity index (χ0) is 26.2. The molecule has 0 atom stereocenters. The van der Waals surface area contributed by atoms with E-state index in [0.29, 0.717) is 23.5 Å². The molecule has 0 fully saturated rings. The predicted octanol–water partition coefficient (Wildman–Crippen LogP) is 4.07. The Balaban J connectivity index is 1.46. The van der Waals surface area contributed by atoms with Crippen LogP contribution in [0.15, 0.2) is 76.6 Å². The second kappa shape index (κ2) is 9.95. The molecule has 0 spiro atoms. The van der Waals surface area contributed by atoms with Crippen molar-refractivity contribution >= 4 is 49.1 Å². The smallest absolute Gasteiger partial charge is 0.326 e. The molecule has 3 aromatic carbocycles. The molecule has 1 amide bonds. The molecule has 1 aliphatic heterocycles. The molecule has 0 unspecified atom stereocenters. The lowest BCUT2D eigenvalue weighted by molar-refractivity contribution is -0.143. The molecule has 0 aliphatic carbocycles. The van der Waals surface area contributed by atoms with E-state index in [0.717, 1.165) is 21.3 Å². The molecule has 5 rings (SSSR count). The van der Waals surface area contributed by atoms with Crippen LogP contribution in [0.3, 0.4) is 0 Å². The van der Waals surface area contributed by atoms with Crippen molar-refractivity contribution in [2.45, 2.75) is 31.7 Å². The predicted molar refractivity (Wildman–Crippen MR) is 142 cm³/mol. The standard InChI is InChI=1S/C27H25N3O5S2/c1-3-35-25(31)17-29-23-13-8-18(2)16-24(23)36-27(29)28-26(32)20-9-11-21(12-10-20)37(33,34)30-15-14-19-6-4-5-7-22(19)30/h4-13,16H,3,14-15,17H2,1-2H3. The monoisotopic (exact) mass is 535 g/mol. The number of carbonyl (C=O) groups excluding carboxylic acids is 2. The molecule has 0 bridgehead atoms. The van der Waals surface area contributed by atoms with Crippen LogP contribution >= 0.6 is 11.3 Å². The Labute approximate surface area is 218 Å². The summed E-state index contributed by atoms with van der Waals surface area (Å²) in [6.07, 6.45) is 0.658. The molecule has 8 nitrogen and oxygen atoms in total. The number of esters is 1. The van der Waals surface area contributed by atoms with Gasteiger partial charge in [0.05, 0.1) is 27.4 Å². The van der Waals surface area contributed by atoms with Crippen molar-refractivity contribution in [3.63, 3.8) is 0 Å². The molecule has 2 heterocycles. The number of para-hydroxylation sites is 1. The minimum atomic E-state index is -3.76. The van der Waals surface area contributed by atoms with Gasteiger partial charge in [-0.2, -0.15) is 4.99 Å². The lowest BCUT2D eigenvalue weighted by Crippen LogP contribution is -2.29. The van der Waals surface area contributed by atoms with Gasteiger partial charge in [-0.1, -0.05) is 35.6 Å². The third kappa shape index (κ3) is 4.82. The van der Waals surface area contributed by atoms with E-state index >= 15 is 0 Å². The molecule has 1 aliphatic rings. The summed E-state index contributed by atoms with van der Waals surface area (Å²) >= 11 is 1.30. The van der Waals surface area contributed by atoms with E-state index in [4.69, 9.17) is 4.74 Å². The van der Waals surface area contributed by atoms with Gasteiger partial charge in [0.1, 0.15) is 6.54 Å². The number of rotatable bonds is 6. The fourth-order valence-corrected chi connectivity index (χ4v) is 6.99. The highest BCUT2D eigenvalue weighted by atomic mass is 32.2. The number of benzene rings is 3. The highest BCUT2D eigenvalue weighted by Gasteiger charge is 2.30. The summed E-state index contributed by atoms with van der Waals surface area (Å²) in [6.45, 7) is 4.26. The van der Waals surface area contributed by atoms with Crippen molar-refractivity contribution in [1.29, 1.82) is 0 Å². The van der Waals surface area contributed by atoms with Crippen LogP contribution in [0.5, 0.6) is 0 Å². The number of hydrogen-bond donors (Lipinski definition) is 0. The van der Waals surface area contributed by atoms with Crippen LogP contribution in [0.1, 0.15) is 28.4 Å². The number of aromatic nitrogens is 1. The number of carbonyl (C=O) groups is 2. The maximum Gasteiger partial charge on any atom is 0.326 e. The van der Waals surface area contributed by atoms with Gasteiger partial charge in [0, 0.05) is 12.1 Å². The number of hydrogen-bond acceptors (Lipinski definition) is 6. The number of nitrogens with zero attached hydrogens (tertiary/aromatic N) is 3. The zero-order valence-electron chi connectivity index (χ0n) is 20.4. The van der Waals surface area contributed by atoms with Gasteiger partial charge in [-0.3, -0.25) is 13.9 Å². The minimum absolute atomic E-state index is 0.0719. The first-order valence-electron chi connectivity index (χ1n) is 11.8. The number of amides is 1. The van der Waals surface area contributed by atoms with Crippen molar-refractivity contribution in [3.8, 4) is 0 Å². The van der Waals surface area contributed by atoms with E-state index in [1.807, 2.05) is 43.3 Å². The lowest BCUT2D eigenvalue weighted by atomic mass is 10.2. The third-order valence-corrected chi connectivity index (χ3v) is 9.03. The Kier molecular flexibility index (Phi) is 6.70. The summed E-state index contributed by atoms with van der Waals surface area (Å²) in [5.74, 6) is -0.953. The van der Waals surface area contributed by atoms with Crippen molar-refractivity contribution in [1.82, 2.24) is 4.57 Å². The number of fused-ring (bicyclic) bond motifs is 2. The molecule has 37 heavy (non-hydrogen) atoms. The first-order chi connectivity index (χ1) is 17.8. The van der Waals surface area contributed by atoms with Crippen molar-refractivity contribution < 1.29 is 22.7 Å². The van der Waals surface area contributed by atoms with Gasteiger partial charge >= 0.3 is 5.97 Å². The first kappa shape index (κ1) is 24.9. The molecule has 0 N–H and O–H groups in total. The summed E-state index contributed by atoms with van der Waals surface area (Å²) in [5, 5.41) is 0. The SMILES string of the molecule is CCOC(=O)Cn1c(=NC(=O)c2ccc(S(=O)(=O)N3CCc4ccccc43)cc2)sc2cc(C)ccc21. The summed E-state index contributed by atoms with van der Waals surface area (Å²) in [4.78, 5) is 30.0. The van der Waals surface area contributed by atoms with Gasteiger partial charge < -0.3 is 9.30 Å². The first-order valence-corrected chi connectivity index (χ1v) is 14.1. The van der Waals surface area contributed by atoms with Crippen molar-refractivity contribution in [2.24, 2.45) is 4.99 Å². The van der Waals surface area contributed by atoms with Gasteiger partial charge in [-0.15, -0.1) is 0 Å². The molecule has 4 aromatic rings. The molecular weight excluding hydrogens is 510 g/mol. The minimum Gasteiger partial charge on any atom is -0.465 e. The number of anilines is 1. The molecule has 0 saturated carbocycles. The van der Waals surface area contributed by atoms with E-state index in [9.17, 15) is 18.0 Å². The van der Waals surface area contributed by atoms with Crippen LogP contribution in [0.25, 0.3) is 10.2 Å². The molecular formula is C27H25N3O5S2. The molecule has 0 saturated heterocycles. The average Bonchev–Trinajstić information content (AvgIpc) is 3.46. The summed E-state index contributed by atoms with van der Waals surface area (Å²) in [6, 6.07) is 19.0. The van der Waals surface area contributed by atoms with Crippen molar-refractivity contribution in [3.05, 3.63) is 88.2 Å². The van der Waals surface area contributed by atoms with E-state index in [1.54, 1.807) is 17.6 Å². The van der Waals surface area contributed by atoms with Crippen LogP contribution < -0.4 is 9.11 Å². The Morgan fingerprint density at radius 3 is 2.57 bits per heavy atom. The van der Waals surface area contributed by atoms with E-state index in [2.05, 4.69) is 4.99 Å². The van der Waals surface area contributed by atoms with Crippen LogP contribution in [0.4, 0.5) is 5.69 Å². The van der Waals surface area contributed by atoms with Gasteiger partial charge in [0.25, 0.3) is 15.9 Å². The second-order valence-electron chi connectivity index (χ2n) is 8.64. The third-order valence-electron chi connectivity index (χ3n) is 6.16. The quantitative estimate of drug-likeness (QED) is 0.347. The zero-order valence-corrected chi connectivity index (χ0v) is 22.0. The largest absolute Gasteiger partial charge is 0.465 e. The fourth-order valence-electron chi connectivity index (χ4n) is 4.36. The molecule has 0 radical (unpaired) electrons. The number of ether oxygens (including phenoxy) is 1. The Morgan fingerprint density at radius 2 is 1.81 bits per heavy atom. The molecule has 10 heteroatoms. The van der Waals surface area contributed by atoms with E-state index < -0.39 is 21.9 Å². The lowest BCUT2D eigenvalue weighted by Gasteiger charge is -2.19. The van der Waals surface area contributed by atoms with Gasteiger partial charge in [-0.25, -0.2) is 8.42 Å².